The Morgan fingerprint density at radius 1 is 1.33 bits per heavy atom. The smallest absolute Gasteiger partial charge is 0.319 e. The van der Waals surface area contributed by atoms with Crippen LogP contribution in [0.4, 0.5) is 14.9 Å². The molecular weight excluding hydrogens is 271 g/mol. The van der Waals surface area contributed by atoms with Gasteiger partial charge < -0.3 is 15.4 Å². The van der Waals surface area contributed by atoms with E-state index in [4.69, 9.17) is 4.74 Å². The number of rotatable bonds is 5. The lowest BCUT2D eigenvalue weighted by atomic mass is 10.1. The average Bonchev–Trinajstić information content (AvgIpc) is 3.15. The minimum atomic E-state index is -0.299. The SMILES string of the molecule is O=C(NCCC1CCCO1)Nc1ccc(C2CC2)c(F)c1. The quantitative estimate of drug-likeness (QED) is 0.874. The molecule has 0 spiro atoms. The van der Waals surface area contributed by atoms with Gasteiger partial charge in [0.05, 0.1) is 6.10 Å². The van der Waals surface area contributed by atoms with Gasteiger partial charge in [0.2, 0.25) is 0 Å². The molecule has 2 N–H and O–H groups in total. The second-order valence-corrected chi connectivity index (χ2v) is 5.82. The van der Waals surface area contributed by atoms with Gasteiger partial charge in [-0.05, 0) is 55.7 Å². The summed E-state index contributed by atoms with van der Waals surface area (Å²) in [5.74, 6) is 0.147. The number of halogens is 1. The molecule has 1 aromatic rings. The van der Waals surface area contributed by atoms with E-state index in [1.165, 1.54) is 6.07 Å². The minimum Gasteiger partial charge on any atom is -0.378 e. The fourth-order valence-electron chi connectivity index (χ4n) is 2.72. The van der Waals surface area contributed by atoms with Crippen LogP contribution in [0.5, 0.6) is 0 Å². The number of hydrogen-bond acceptors (Lipinski definition) is 2. The van der Waals surface area contributed by atoms with Crippen LogP contribution in [0.2, 0.25) is 0 Å². The van der Waals surface area contributed by atoms with E-state index in [1.807, 2.05) is 0 Å². The molecule has 1 saturated heterocycles. The highest BCUT2D eigenvalue weighted by molar-refractivity contribution is 5.89. The summed E-state index contributed by atoms with van der Waals surface area (Å²) in [5.41, 5.74) is 1.26. The second kappa shape index (κ2) is 6.43. The number of benzene rings is 1. The predicted molar refractivity (Wildman–Crippen MR) is 79.0 cm³/mol. The van der Waals surface area contributed by atoms with Crippen LogP contribution in [-0.4, -0.2) is 25.3 Å². The maximum Gasteiger partial charge on any atom is 0.319 e. The molecule has 1 aromatic carbocycles. The monoisotopic (exact) mass is 292 g/mol. The van der Waals surface area contributed by atoms with Gasteiger partial charge in [0.15, 0.2) is 0 Å². The van der Waals surface area contributed by atoms with Crippen LogP contribution >= 0.6 is 0 Å². The van der Waals surface area contributed by atoms with Crippen molar-refractivity contribution >= 4 is 11.7 Å². The van der Waals surface area contributed by atoms with Gasteiger partial charge in [0.25, 0.3) is 0 Å². The first kappa shape index (κ1) is 14.3. The molecule has 3 rings (SSSR count). The zero-order valence-corrected chi connectivity index (χ0v) is 12.0. The van der Waals surface area contributed by atoms with Crippen LogP contribution < -0.4 is 10.6 Å². The Balaban J connectivity index is 1.44. The molecule has 1 aliphatic carbocycles. The Morgan fingerprint density at radius 3 is 2.86 bits per heavy atom. The summed E-state index contributed by atoms with van der Waals surface area (Å²) in [6, 6.07) is 4.63. The van der Waals surface area contributed by atoms with Crippen LogP contribution in [0.3, 0.4) is 0 Å². The number of carbonyl (C=O) groups excluding carboxylic acids is 1. The van der Waals surface area contributed by atoms with Crippen molar-refractivity contribution in [2.75, 3.05) is 18.5 Å². The third kappa shape index (κ3) is 3.94. The summed E-state index contributed by atoms with van der Waals surface area (Å²) in [6.07, 6.45) is 5.38. The topological polar surface area (TPSA) is 50.4 Å². The fraction of sp³-hybridized carbons (Fsp3) is 0.562. The van der Waals surface area contributed by atoms with Gasteiger partial charge in [-0.15, -0.1) is 0 Å². The van der Waals surface area contributed by atoms with Crippen molar-refractivity contribution in [1.29, 1.82) is 0 Å². The number of hydrogen-bond donors (Lipinski definition) is 2. The van der Waals surface area contributed by atoms with Crippen molar-refractivity contribution in [3.05, 3.63) is 29.6 Å². The molecule has 1 saturated carbocycles. The normalized spacial score (nSPS) is 21.3. The van der Waals surface area contributed by atoms with Crippen molar-refractivity contribution < 1.29 is 13.9 Å². The van der Waals surface area contributed by atoms with Gasteiger partial charge in [-0.1, -0.05) is 6.07 Å². The van der Waals surface area contributed by atoms with Crippen molar-refractivity contribution in [2.24, 2.45) is 0 Å². The lowest BCUT2D eigenvalue weighted by Gasteiger charge is -2.11. The minimum absolute atomic E-state index is 0.227. The summed E-state index contributed by atoms with van der Waals surface area (Å²) in [4.78, 5) is 11.7. The molecule has 2 amide bonds. The third-order valence-electron chi connectivity index (χ3n) is 4.05. The maximum atomic E-state index is 13.9. The van der Waals surface area contributed by atoms with E-state index in [0.29, 0.717) is 18.2 Å². The highest BCUT2D eigenvalue weighted by Gasteiger charge is 2.26. The summed E-state index contributed by atoms with van der Waals surface area (Å²) in [7, 11) is 0. The first-order valence-electron chi connectivity index (χ1n) is 7.68. The number of carbonyl (C=O) groups is 1. The van der Waals surface area contributed by atoms with E-state index < -0.39 is 0 Å². The van der Waals surface area contributed by atoms with Gasteiger partial charge in [0, 0.05) is 18.8 Å². The van der Waals surface area contributed by atoms with E-state index in [9.17, 15) is 9.18 Å². The zero-order valence-electron chi connectivity index (χ0n) is 12.0. The molecule has 0 aromatic heterocycles. The van der Waals surface area contributed by atoms with Gasteiger partial charge in [0.1, 0.15) is 5.82 Å². The molecule has 5 heteroatoms. The highest BCUT2D eigenvalue weighted by atomic mass is 19.1. The first-order chi connectivity index (χ1) is 10.2. The van der Waals surface area contributed by atoms with E-state index in [1.54, 1.807) is 12.1 Å². The number of anilines is 1. The van der Waals surface area contributed by atoms with Crippen LogP contribution in [-0.2, 0) is 4.74 Å². The predicted octanol–water partition coefficient (Wildman–Crippen LogP) is 3.39. The van der Waals surface area contributed by atoms with Crippen LogP contribution in [0, 0.1) is 5.82 Å². The summed E-state index contributed by atoms with van der Waals surface area (Å²) in [5, 5.41) is 5.44. The zero-order chi connectivity index (χ0) is 14.7. The molecule has 0 radical (unpaired) electrons. The van der Waals surface area contributed by atoms with Crippen molar-refractivity contribution in [2.45, 2.75) is 44.1 Å². The summed E-state index contributed by atoms with van der Waals surface area (Å²) in [6.45, 7) is 1.39. The van der Waals surface area contributed by atoms with Gasteiger partial charge in [-0.3, -0.25) is 0 Å². The summed E-state index contributed by atoms with van der Waals surface area (Å²) < 4.78 is 19.3. The molecule has 0 bridgehead atoms. The standard InChI is InChI=1S/C16H21FN2O2/c17-15-10-12(5-6-14(15)11-3-4-11)19-16(20)18-8-7-13-2-1-9-21-13/h5-6,10-11,13H,1-4,7-9H2,(H2,18,19,20). The van der Waals surface area contributed by atoms with E-state index in [2.05, 4.69) is 10.6 Å². The lowest BCUT2D eigenvalue weighted by molar-refractivity contribution is 0.105. The number of nitrogens with one attached hydrogen (secondary N) is 2. The molecule has 1 atom stereocenters. The maximum absolute atomic E-state index is 13.9. The molecule has 4 nitrogen and oxygen atoms in total. The highest BCUT2D eigenvalue weighted by Crippen LogP contribution is 2.41. The number of ether oxygens (including phenoxy) is 1. The number of amides is 2. The van der Waals surface area contributed by atoms with E-state index in [-0.39, 0.29) is 18.0 Å². The number of urea groups is 1. The van der Waals surface area contributed by atoms with Gasteiger partial charge in [-0.25, -0.2) is 9.18 Å². The third-order valence-corrected chi connectivity index (χ3v) is 4.05. The van der Waals surface area contributed by atoms with Gasteiger partial charge in [-0.2, -0.15) is 0 Å². The average molecular weight is 292 g/mol. The van der Waals surface area contributed by atoms with Crippen molar-refractivity contribution in [3.8, 4) is 0 Å². The van der Waals surface area contributed by atoms with E-state index in [0.717, 1.165) is 44.3 Å². The Labute approximate surface area is 124 Å². The fourth-order valence-corrected chi connectivity index (χ4v) is 2.72. The Bertz CT molecular complexity index is 511. The molecule has 2 fully saturated rings. The van der Waals surface area contributed by atoms with Crippen LogP contribution in [0.25, 0.3) is 0 Å². The first-order valence-corrected chi connectivity index (χ1v) is 7.68. The molecule has 1 heterocycles. The molecule has 114 valence electrons. The Kier molecular flexibility index (Phi) is 4.39. The van der Waals surface area contributed by atoms with Crippen LogP contribution in [0.15, 0.2) is 18.2 Å². The molecule has 1 unspecified atom stereocenters. The molecular formula is C16H21FN2O2. The van der Waals surface area contributed by atoms with Crippen LogP contribution in [0.1, 0.15) is 43.6 Å². The second-order valence-electron chi connectivity index (χ2n) is 5.82. The Hall–Kier alpha value is -1.62. The molecule has 2 aliphatic rings. The van der Waals surface area contributed by atoms with Gasteiger partial charge >= 0.3 is 6.03 Å². The lowest BCUT2D eigenvalue weighted by Crippen LogP contribution is -2.31. The van der Waals surface area contributed by atoms with Crippen molar-refractivity contribution in [1.82, 2.24) is 5.32 Å². The largest absolute Gasteiger partial charge is 0.378 e. The molecule has 1 aliphatic heterocycles. The summed E-state index contributed by atoms with van der Waals surface area (Å²) >= 11 is 0. The molecule has 21 heavy (non-hydrogen) atoms. The van der Waals surface area contributed by atoms with E-state index >= 15 is 0 Å². The Morgan fingerprint density at radius 2 is 2.19 bits per heavy atom. The van der Waals surface area contributed by atoms with Crippen molar-refractivity contribution in [3.63, 3.8) is 0 Å².